The van der Waals surface area contributed by atoms with Crippen molar-refractivity contribution in [1.82, 2.24) is 9.78 Å². The monoisotopic (exact) mass is 437 g/mol. The minimum atomic E-state index is -3.97. The van der Waals surface area contributed by atoms with Crippen molar-refractivity contribution in [3.63, 3.8) is 0 Å². The van der Waals surface area contributed by atoms with Gasteiger partial charge in [-0.05, 0) is 34.1 Å². The van der Waals surface area contributed by atoms with Crippen LogP contribution in [0.25, 0.3) is 0 Å². The van der Waals surface area contributed by atoms with Crippen LogP contribution in [0.4, 0.5) is 5.82 Å². The van der Waals surface area contributed by atoms with Gasteiger partial charge in [0.1, 0.15) is 10.5 Å². The smallest absolute Gasteiger partial charge is 0.341 e. The molecule has 7 nitrogen and oxygen atoms in total. The largest absolute Gasteiger partial charge is 0.477 e. The van der Waals surface area contributed by atoms with E-state index in [-0.39, 0.29) is 16.3 Å². The van der Waals surface area contributed by atoms with Crippen LogP contribution in [-0.2, 0) is 17.1 Å². The summed E-state index contributed by atoms with van der Waals surface area (Å²) in [5, 5.41) is 12.8. The number of aryl methyl sites for hydroxylation is 1. The zero-order valence-electron chi connectivity index (χ0n) is 10.5. The quantitative estimate of drug-likeness (QED) is 0.763. The number of hydrogen-bond donors (Lipinski definition) is 2. The molecule has 0 bridgehead atoms. The minimum absolute atomic E-state index is 0.0191. The van der Waals surface area contributed by atoms with Crippen molar-refractivity contribution in [2.75, 3.05) is 4.72 Å². The normalized spacial score (nSPS) is 11.4. The molecule has 1 heterocycles. The highest BCUT2D eigenvalue weighted by atomic mass is 79.9. The predicted molar refractivity (Wildman–Crippen MR) is 82.8 cm³/mol. The van der Waals surface area contributed by atoms with Crippen molar-refractivity contribution in [3.8, 4) is 0 Å². The van der Waals surface area contributed by atoms with Gasteiger partial charge in [-0.25, -0.2) is 13.2 Å². The molecule has 2 rings (SSSR count). The molecule has 0 saturated heterocycles. The third kappa shape index (κ3) is 3.27. The van der Waals surface area contributed by atoms with Crippen LogP contribution in [0, 0.1) is 0 Å². The Labute approximate surface area is 137 Å². The Kier molecular flexibility index (Phi) is 4.40. The van der Waals surface area contributed by atoms with Gasteiger partial charge in [-0.15, -0.1) is 0 Å². The first-order chi connectivity index (χ1) is 9.72. The summed E-state index contributed by atoms with van der Waals surface area (Å²) in [5.41, 5.74) is -0.229. The highest BCUT2D eigenvalue weighted by Gasteiger charge is 2.23. The fourth-order valence-corrected chi connectivity index (χ4v) is 4.19. The summed E-state index contributed by atoms with van der Waals surface area (Å²) in [6, 6.07) is 4.65. The molecule has 112 valence electrons. The molecule has 0 aliphatic carbocycles. The van der Waals surface area contributed by atoms with Crippen molar-refractivity contribution in [2.24, 2.45) is 7.05 Å². The van der Waals surface area contributed by atoms with E-state index >= 15 is 0 Å². The van der Waals surface area contributed by atoms with Gasteiger partial charge in [0.05, 0.1) is 6.20 Å². The SMILES string of the molecule is Cn1ncc(C(=O)O)c1NS(=O)(=O)c1cc(Br)ccc1Br. The number of carbonyl (C=O) groups is 1. The van der Waals surface area contributed by atoms with Crippen LogP contribution in [0.3, 0.4) is 0 Å². The summed E-state index contributed by atoms with van der Waals surface area (Å²) in [4.78, 5) is 11.1. The lowest BCUT2D eigenvalue weighted by atomic mass is 10.3. The molecule has 0 spiro atoms. The Balaban J connectivity index is 2.50. The van der Waals surface area contributed by atoms with Gasteiger partial charge < -0.3 is 5.11 Å². The lowest BCUT2D eigenvalue weighted by molar-refractivity contribution is 0.0698. The van der Waals surface area contributed by atoms with Crippen molar-refractivity contribution < 1.29 is 18.3 Å². The van der Waals surface area contributed by atoms with Gasteiger partial charge >= 0.3 is 5.97 Å². The summed E-state index contributed by atoms with van der Waals surface area (Å²) in [6.07, 6.45) is 1.08. The Hall–Kier alpha value is -1.39. The topological polar surface area (TPSA) is 101 Å². The number of aromatic nitrogens is 2. The lowest BCUT2D eigenvalue weighted by Crippen LogP contribution is -2.18. The summed E-state index contributed by atoms with van der Waals surface area (Å²) in [5.74, 6) is -1.39. The lowest BCUT2D eigenvalue weighted by Gasteiger charge is -2.11. The average molecular weight is 439 g/mol. The molecule has 0 amide bonds. The fraction of sp³-hybridized carbons (Fsp3) is 0.0909. The van der Waals surface area contributed by atoms with E-state index in [1.807, 2.05) is 0 Å². The number of carboxylic acid groups (broad SMARTS) is 1. The Morgan fingerprint density at radius 1 is 1.38 bits per heavy atom. The molecular weight excluding hydrogens is 430 g/mol. The molecule has 1 aromatic heterocycles. The molecule has 0 aliphatic rings. The van der Waals surface area contributed by atoms with Crippen LogP contribution in [0.15, 0.2) is 38.2 Å². The molecule has 0 radical (unpaired) electrons. The Bertz CT molecular complexity index is 817. The van der Waals surface area contributed by atoms with E-state index in [4.69, 9.17) is 5.11 Å². The number of nitrogens with one attached hydrogen (secondary N) is 1. The van der Waals surface area contributed by atoms with Crippen molar-refractivity contribution >= 4 is 53.7 Å². The maximum Gasteiger partial charge on any atom is 0.341 e. The zero-order valence-corrected chi connectivity index (χ0v) is 14.5. The summed E-state index contributed by atoms with van der Waals surface area (Å²) >= 11 is 6.35. The van der Waals surface area contributed by atoms with E-state index in [9.17, 15) is 13.2 Å². The van der Waals surface area contributed by atoms with Crippen LogP contribution < -0.4 is 4.72 Å². The first-order valence-corrected chi connectivity index (χ1v) is 8.52. The number of rotatable bonds is 4. The van der Waals surface area contributed by atoms with Crippen molar-refractivity contribution in [2.45, 2.75) is 4.90 Å². The van der Waals surface area contributed by atoms with Crippen LogP contribution in [0.5, 0.6) is 0 Å². The highest BCUT2D eigenvalue weighted by molar-refractivity contribution is 9.11. The van der Waals surface area contributed by atoms with Gasteiger partial charge in [-0.2, -0.15) is 5.10 Å². The molecular formula is C11H9Br2N3O4S. The van der Waals surface area contributed by atoms with Crippen LogP contribution >= 0.6 is 31.9 Å². The van der Waals surface area contributed by atoms with Crippen molar-refractivity contribution in [1.29, 1.82) is 0 Å². The number of hydrogen-bond acceptors (Lipinski definition) is 4. The standard InChI is InChI=1S/C11H9Br2N3O4S/c1-16-10(7(5-14-16)11(17)18)15-21(19,20)9-4-6(12)2-3-8(9)13/h2-5,15H,1H3,(H,17,18). The summed E-state index contributed by atoms with van der Waals surface area (Å²) in [7, 11) is -2.52. The fourth-order valence-electron chi connectivity index (χ4n) is 1.58. The van der Waals surface area contributed by atoms with Gasteiger partial charge in [0.25, 0.3) is 10.0 Å². The van der Waals surface area contributed by atoms with Crippen LogP contribution in [0.2, 0.25) is 0 Å². The number of halogens is 2. The van der Waals surface area contributed by atoms with E-state index < -0.39 is 16.0 Å². The number of sulfonamides is 1. The Morgan fingerprint density at radius 2 is 2.05 bits per heavy atom. The third-order valence-corrected chi connectivity index (χ3v) is 5.41. The van der Waals surface area contributed by atoms with Gasteiger partial charge in [-0.3, -0.25) is 9.40 Å². The molecule has 2 aromatic rings. The van der Waals surface area contributed by atoms with Gasteiger partial charge in [0.2, 0.25) is 0 Å². The van der Waals surface area contributed by atoms with E-state index in [2.05, 4.69) is 41.7 Å². The van der Waals surface area contributed by atoms with Gasteiger partial charge in [0.15, 0.2) is 5.82 Å². The predicted octanol–water partition coefficient (Wildman–Crippen LogP) is 2.44. The molecule has 0 atom stereocenters. The minimum Gasteiger partial charge on any atom is -0.477 e. The van der Waals surface area contributed by atoms with E-state index in [0.29, 0.717) is 8.95 Å². The van der Waals surface area contributed by atoms with Crippen LogP contribution in [0.1, 0.15) is 10.4 Å². The molecule has 0 fully saturated rings. The molecule has 21 heavy (non-hydrogen) atoms. The van der Waals surface area contributed by atoms with Crippen LogP contribution in [-0.4, -0.2) is 29.3 Å². The number of aromatic carboxylic acids is 1. The number of anilines is 1. The van der Waals surface area contributed by atoms with Crippen molar-refractivity contribution in [3.05, 3.63) is 38.9 Å². The molecule has 1 aromatic carbocycles. The molecule has 0 saturated carbocycles. The molecule has 0 unspecified atom stereocenters. The number of nitrogens with zero attached hydrogens (tertiary/aromatic N) is 2. The average Bonchev–Trinajstić information content (AvgIpc) is 2.73. The van der Waals surface area contributed by atoms with E-state index in [1.165, 1.54) is 13.1 Å². The second-order valence-electron chi connectivity index (χ2n) is 4.02. The molecule has 0 aliphatic heterocycles. The second-order valence-corrected chi connectivity index (χ2v) is 7.44. The highest BCUT2D eigenvalue weighted by Crippen LogP contribution is 2.28. The number of carboxylic acids is 1. The maximum atomic E-state index is 12.4. The van der Waals surface area contributed by atoms with Gasteiger partial charge in [-0.1, -0.05) is 15.9 Å². The first-order valence-electron chi connectivity index (χ1n) is 5.45. The number of benzene rings is 1. The van der Waals surface area contributed by atoms with Gasteiger partial charge in [0, 0.05) is 16.0 Å². The maximum absolute atomic E-state index is 12.4. The first kappa shape index (κ1) is 16.0. The molecule has 10 heteroatoms. The summed E-state index contributed by atoms with van der Waals surface area (Å²) in [6.45, 7) is 0. The third-order valence-electron chi connectivity index (χ3n) is 2.58. The second kappa shape index (κ2) is 5.78. The van der Waals surface area contributed by atoms with E-state index in [0.717, 1.165) is 10.9 Å². The summed E-state index contributed by atoms with van der Waals surface area (Å²) < 4.78 is 29.1. The Morgan fingerprint density at radius 3 is 2.67 bits per heavy atom. The molecule has 2 N–H and O–H groups in total. The van der Waals surface area contributed by atoms with E-state index in [1.54, 1.807) is 12.1 Å². The zero-order chi connectivity index (χ0) is 15.8.